The molecule has 1 N–H and O–H groups in total. The van der Waals surface area contributed by atoms with Gasteiger partial charge in [0.1, 0.15) is 0 Å². The Morgan fingerprint density at radius 3 is 1.70 bits per heavy atom. The van der Waals surface area contributed by atoms with Crippen molar-refractivity contribution in [2.75, 3.05) is 0 Å². The number of hydrogen-bond acceptors (Lipinski definition) is 1. The van der Waals surface area contributed by atoms with Crippen LogP contribution in [0.15, 0.2) is 0 Å². The van der Waals surface area contributed by atoms with Crippen molar-refractivity contribution in [3.05, 3.63) is 4.55 Å². The van der Waals surface area contributed by atoms with Crippen LogP contribution in [0.3, 0.4) is 0 Å². The Hall–Kier alpha value is 5.15. The summed E-state index contributed by atoms with van der Waals surface area (Å²) in [5.41, 5.74) is 0. The van der Waals surface area contributed by atoms with Gasteiger partial charge in [0.15, 0.2) is 5.91 Å². The van der Waals surface area contributed by atoms with Crippen LogP contribution in [0.4, 0.5) is 0 Å². The van der Waals surface area contributed by atoms with E-state index in [1.807, 2.05) is 22.6 Å². The second-order valence-electron chi connectivity index (χ2n) is 0.810. The predicted octanol–water partition coefficient (Wildman–Crippen LogP) is -2.33. The van der Waals surface area contributed by atoms with E-state index < -0.39 is 0 Å². The molecular formula is C3H5IKNOY3. The van der Waals surface area contributed by atoms with E-state index in [9.17, 15) is 4.79 Å². The Morgan fingerprint density at radius 2 is 1.70 bits per heavy atom. The summed E-state index contributed by atoms with van der Waals surface area (Å²) in [6.07, 6.45) is 0. The van der Waals surface area contributed by atoms with E-state index in [1.165, 1.54) is 6.92 Å². The molecule has 0 unspecified atom stereocenters. The van der Waals surface area contributed by atoms with Gasteiger partial charge in [-0.3, -0.25) is 27.4 Å². The van der Waals surface area contributed by atoms with Gasteiger partial charge in [-0.1, -0.05) is 0 Å². The molecule has 1 amide bonds. The number of halogens is 1. The molecule has 7 heteroatoms. The zero-order valence-corrected chi connectivity index (χ0v) is 19.9. The van der Waals surface area contributed by atoms with Crippen LogP contribution in [0.1, 0.15) is 6.92 Å². The number of carbonyl (C=O) groups excluding carboxylic acids is 1. The third-order valence-corrected chi connectivity index (χ3v) is 0.569. The molecule has 0 aliphatic carbocycles. The minimum Gasteiger partial charge on any atom is -0.496 e. The maximum Gasteiger partial charge on any atom is 1.00 e. The summed E-state index contributed by atoms with van der Waals surface area (Å²) in [6, 6.07) is 0. The zero-order valence-electron chi connectivity index (χ0n) is 6.10. The monoisotopic (exact) mass is 504 g/mol. The summed E-state index contributed by atoms with van der Waals surface area (Å²) in [6.45, 7) is 1.47. The Labute approximate surface area is 194 Å². The van der Waals surface area contributed by atoms with Crippen LogP contribution in [-0.4, -0.2) is 5.91 Å². The van der Waals surface area contributed by atoms with Gasteiger partial charge in [0, 0.05) is 105 Å². The third kappa shape index (κ3) is 29.2. The van der Waals surface area contributed by atoms with Gasteiger partial charge in [-0.25, -0.2) is 0 Å². The van der Waals surface area contributed by atoms with Gasteiger partial charge in [0.05, 0.1) is 0 Å². The number of amides is 1. The first kappa shape index (κ1) is 29.4. The van der Waals surface area contributed by atoms with Gasteiger partial charge in [-0.2, -0.15) is 4.55 Å². The number of carbonyl (C=O) groups is 1. The van der Waals surface area contributed by atoms with Crippen molar-refractivity contribution >= 4 is 28.5 Å². The molecule has 45 valence electrons. The van der Waals surface area contributed by atoms with Crippen molar-refractivity contribution in [1.82, 2.24) is 5.32 Å². The van der Waals surface area contributed by atoms with Crippen LogP contribution in [-0.2, 0) is 103 Å². The van der Waals surface area contributed by atoms with Crippen LogP contribution in [0.5, 0.6) is 0 Å². The quantitative estimate of drug-likeness (QED) is 0.185. The van der Waals surface area contributed by atoms with Crippen LogP contribution >= 0.6 is 22.6 Å². The van der Waals surface area contributed by atoms with Crippen molar-refractivity contribution in [2.24, 2.45) is 0 Å². The van der Waals surface area contributed by atoms with Crippen LogP contribution < -0.4 is 56.7 Å². The van der Waals surface area contributed by atoms with E-state index >= 15 is 0 Å². The fraction of sp³-hybridized carbons (Fsp3) is 0.333. The molecule has 0 fully saturated rings. The van der Waals surface area contributed by atoms with Crippen LogP contribution in [0.25, 0.3) is 0 Å². The fourth-order valence-corrected chi connectivity index (χ4v) is 0.515. The second kappa shape index (κ2) is 23.7. The summed E-state index contributed by atoms with van der Waals surface area (Å²) in [5, 5.41) is 2.43. The molecule has 0 aliphatic rings. The van der Waals surface area contributed by atoms with Crippen LogP contribution in [0, 0.1) is 4.55 Å². The first-order valence-electron chi connectivity index (χ1n) is 1.46. The molecule has 0 saturated carbocycles. The predicted molar refractivity (Wildman–Crippen MR) is 32.1 cm³/mol. The van der Waals surface area contributed by atoms with Gasteiger partial charge >= 0.3 is 51.4 Å². The zero-order chi connectivity index (χ0) is 4.99. The molecule has 0 aromatic heterocycles. The average Bonchev–Trinajstić information content (AvgIpc) is 1.35. The molecule has 0 heterocycles. The van der Waals surface area contributed by atoms with Gasteiger partial charge in [0.2, 0.25) is 0 Å². The molecule has 0 spiro atoms. The van der Waals surface area contributed by atoms with Gasteiger partial charge < -0.3 is 5.32 Å². The molecule has 0 aromatic carbocycles. The molecule has 0 atom stereocenters. The van der Waals surface area contributed by atoms with Crippen molar-refractivity contribution < 1.29 is 154 Å². The first-order chi connectivity index (χ1) is 2.77. The van der Waals surface area contributed by atoms with Crippen molar-refractivity contribution in [1.29, 1.82) is 0 Å². The fourth-order valence-electron chi connectivity index (χ4n) is 0.0768. The maximum atomic E-state index is 9.90. The third-order valence-electron chi connectivity index (χ3n) is 0.258. The standard InChI is InChI=1S/C3H5INO.K.3Y/c1-3(6)5-2-4;;;;/h2H,1H3,(H,5,6);;;;/q-1;+1;;;. The van der Waals surface area contributed by atoms with E-state index in [0.717, 1.165) is 0 Å². The van der Waals surface area contributed by atoms with E-state index in [0.29, 0.717) is 0 Å². The van der Waals surface area contributed by atoms with E-state index in [2.05, 4.69) is 5.32 Å². The summed E-state index contributed by atoms with van der Waals surface area (Å²) < 4.78 is 1.57. The minimum atomic E-state index is -0.0237. The molecule has 0 rings (SSSR count). The Balaban J connectivity index is -0.0000000208. The molecule has 10 heavy (non-hydrogen) atoms. The smallest absolute Gasteiger partial charge is 0.496 e. The number of rotatable bonds is 1. The Kier molecular flexibility index (Phi) is 69.9. The van der Waals surface area contributed by atoms with Crippen molar-refractivity contribution in [2.45, 2.75) is 6.92 Å². The molecule has 2 nitrogen and oxygen atoms in total. The topological polar surface area (TPSA) is 29.1 Å². The molecule has 3 radical (unpaired) electrons. The van der Waals surface area contributed by atoms with E-state index in [4.69, 9.17) is 0 Å². The van der Waals surface area contributed by atoms with Crippen LogP contribution in [0.2, 0.25) is 0 Å². The van der Waals surface area contributed by atoms with Crippen molar-refractivity contribution in [3.63, 3.8) is 0 Å². The Morgan fingerprint density at radius 1 is 1.40 bits per heavy atom. The van der Waals surface area contributed by atoms with Gasteiger partial charge in [-0.05, 0) is 0 Å². The van der Waals surface area contributed by atoms with Crippen molar-refractivity contribution in [3.8, 4) is 0 Å². The number of nitrogens with one attached hydrogen (secondary N) is 1. The molecule has 0 aliphatic heterocycles. The maximum absolute atomic E-state index is 9.90. The SMILES string of the molecule is CC(=O)N[CH-]I.[K+].[Y].[Y].[Y]. The van der Waals surface area contributed by atoms with E-state index in [-0.39, 0.29) is 155 Å². The first-order valence-corrected chi connectivity index (χ1v) is 2.71. The molecule has 0 bridgehead atoms. The normalized spacial score (nSPS) is 4.60. The molecular weight excluding hydrogens is 499 g/mol. The second-order valence-corrected chi connectivity index (χ2v) is 1.43. The Bertz CT molecular complexity index is 67.7. The summed E-state index contributed by atoms with van der Waals surface area (Å²) in [4.78, 5) is 9.90. The number of hydrogen-bond donors (Lipinski definition) is 1. The molecule has 0 aromatic rings. The average molecular weight is 504 g/mol. The summed E-state index contributed by atoms with van der Waals surface area (Å²) >= 11 is 1.95. The molecule has 0 saturated heterocycles. The summed E-state index contributed by atoms with van der Waals surface area (Å²) in [5.74, 6) is -0.0237. The van der Waals surface area contributed by atoms with E-state index in [1.54, 1.807) is 4.55 Å². The van der Waals surface area contributed by atoms with Gasteiger partial charge in [0.25, 0.3) is 0 Å². The summed E-state index contributed by atoms with van der Waals surface area (Å²) in [7, 11) is 0. The minimum absolute atomic E-state index is 0. The largest absolute Gasteiger partial charge is 1.00 e. The van der Waals surface area contributed by atoms with Gasteiger partial charge in [-0.15, -0.1) is 0 Å².